The van der Waals surface area contributed by atoms with Gasteiger partial charge in [-0.1, -0.05) is 6.07 Å². The van der Waals surface area contributed by atoms with E-state index in [1.54, 1.807) is 6.20 Å². The van der Waals surface area contributed by atoms with Crippen LogP contribution in [-0.4, -0.2) is 28.0 Å². The van der Waals surface area contributed by atoms with E-state index in [4.69, 9.17) is 0 Å². The first-order chi connectivity index (χ1) is 9.72. The average Bonchev–Trinajstić information content (AvgIpc) is 2.95. The number of anilines is 2. The summed E-state index contributed by atoms with van der Waals surface area (Å²) in [6.07, 6.45) is 2.92. The van der Waals surface area contributed by atoms with Crippen LogP contribution in [0.5, 0.6) is 0 Å². The molecule has 2 N–H and O–H groups in total. The van der Waals surface area contributed by atoms with Gasteiger partial charge < -0.3 is 10.6 Å². The summed E-state index contributed by atoms with van der Waals surface area (Å²) in [6, 6.07) is 6.01. The standard InChI is InChI=1S/C15H19N5/c1-10-4-3-6-17-15(10)20-14-8-13(18-11(2)19-14)12-5-7-16-9-12/h3-4,6,8,12,16H,5,7,9H2,1-2H3,(H,17,18,19,20). The lowest BCUT2D eigenvalue weighted by atomic mass is 10.0. The quantitative estimate of drug-likeness (QED) is 0.895. The monoisotopic (exact) mass is 269 g/mol. The molecule has 2 aromatic heterocycles. The number of rotatable bonds is 3. The molecule has 1 atom stereocenters. The van der Waals surface area contributed by atoms with Gasteiger partial charge in [-0.25, -0.2) is 15.0 Å². The first-order valence-corrected chi connectivity index (χ1v) is 6.97. The van der Waals surface area contributed by atoms with Crippen LogP contribution in [0, 0.1) is 13.8 Å². The molecule has 1 fully saturated rings. The zero-order chi connectivity index (χ0) is 13.9. The molecular weight excluding hydrogens is 250 g/mol. The van der Waals surface area contributed by atoms with Crippen molar-refractivity contribution in [1.29, 1.82) is 0 Å². The molecule has 0 radical (unpaired) electrons. The van der Waals surface area contributed by atoms with Gasteiger partial charge in [-0.3, -0.25) is 0 Å². The molecule has 1 unspecified atom stereocenters. The number of nitrogens with one attached hydrogen (secondary N) is 2. The minimum absolute atomic E-state index is 0.488. The summed E-state index contributed by atoms with van der Waals surface area (Å²) in [4.78, 5) is 13.4. The Morgan fingerprint density at radius 2 is 2.20 bits per heavy atom. The summed E-state index contributed by atoms with van der Waals surface area (Å²) in [6.45, 7) is 6.03. The van der Waals surface area contributed by atoms with Gasteiger partial charge in [0.2, 0.25) is 0 Å². The average molecular weight is 269 g/mol. The van der Waals surface area contributed by atoms with Crippen molar-refractivity contribution in [3.05, 3.63) is 41.5 Å². The Kier molecular flexibility index (Phi) is 3.60. The van der Waals surface area contributed by atoms with Gasteiger partial charge in [0.25, 0.3) is 0 Å². The van der Waals surface area contributed by atoms with Gasteiger partial charge >= 0.3 is 0 Å². The summed E-state index contributed by atoms with van der Waals surface area (Å²) in [5.74, 6) is 2.95. The predicted molar refractivity (Wildman–Crippen MR) is 79.3 cm³/mol. The molecule has 5 nitrogen and oxygen atoms in total. The van der Waals surface area contributed by atoms with Crippen LogP contribution in [0.15, 0.2) is 24.4 Å². The number of nitrogens with zero attached hydrogens (tertiary/aromatic N) is 3. The van der Waals surface area contributed by atoms with Crippen LogP contribution in [0.3, 0.4) is 0 Å². The van der Waals surface area contributed by atoms with Crippen molar-refractivity contribution in [3.63, 3.8) is 0 Å². The second-order valence-electron chi connectivity index (χ2n) is 5.21. The molecule has 5 heteroatoms. The highest BCUT2D eigenvalue weighted by Crippen LogP contribution is 2.24. The summed E-state index contributed by atoms with van der Waals surface area (Å²) in [7, 11) is 0. The molecule has 1 aliphatic rings. The van der Waals surface area contributed by atoms with Crippen molar-refractivity contribution in [2.75, 3.05) is 18.4 Å². The van der Waals surface area contributed by atoms with E-state index < -0.39 is 0 Å². The van der Waals surface area contributed by atoms with E-state index in [0.717, 1.165) is 48.2 Å². The lowest BCUT2D eigenvalue weighted by molar-refractivity contribution is 0.725. The number of hydrogen-bond acceptors (Lipinski definition) is 5. The Bertz CT molecular complexity index is 605. The van der Waals surface area contributed by atoms with Gasteiger partial charge in [0.15, 0.2) is 0 Å². The van der Waals surface area contributed by atoms with Crippen LogP contribution in [0.25, 0.3) is 0 Å². The fourth-order valence-electron chi connectivity index (χ4n) is 2.51. The fourth-order valence-corrected chi connectivity index (χ4v) is 2.51. The van der Waals surface area contributed by atoms with Crippen molar-refractivity contribution in [2.24, 2.45) is 0 Å². The van der Waals surface area contributed by atoms with E-state index in [1.807, 2.05) is 32.0 Å². The lowest BCUT2D eigenvalue weighted by Gasteiger charge is -2.12. The molecule has 0 amide bonds. The van der Waals surface area contributed by atoms with Crippen molar-refractivity contribution in [2.45, 2.75) is 26.2 Å². The van der Waals surface area contributed by atoms with Gasteiger partial charge in [0, 0.05) is 24.7 Å². The Balaban J connectivity index is 1.88. The van der Waals surface area contributed by atoms with Crippen molar-refractivity contribution in [1.82, 2.24) is 20.3 Å². The number of pyridine rings is 1. The van der Waals surface area contributed by atoms with Crippen LogP contribution in [-0.2, 0) is 0 Å². The maximum absolute atomic E-state index is 4.57. The molecule has 0 aliphatic carbocycles. The summed E-state index contributed by atoms with van der Waals surface area (Å²) in [5.41, 5.74) is 2.21. The van der Waals surface area contributed by atoms with Crippen LogP contribution in [0.2, 0.25) is 0 Å². The van der Waals surface area contributed by atoms with Gasteiger partial charge in [-0.2, -0.15) is 0 Å². The normalized spacial score (nSPS) is 18.2. The van der Waals surface area contributed by atoms with Gasteiger partial charge in [0.1, 0.15) is 17.5 Å². The van der Waals surface area contributed by atoms with Crippen molar-refractivity contribution in [3.8, 4) is 0 Å². The van der Waals surface area contributed by atoms with E-state index in [9.17, 15) is 0 Å². The Labute approximate surface area is 118 Å². The molecule has 2 aromatic rings. The molecule has 104 valence electrons. The lowest BCUT2D eigenvalue weighted by Crippen LogP contribution is -2.10. The number of aryl methyl sites for hydroxylation is 2. The molecule has 1 aliphatic heterocycles. The molecule has 3 heterocycles. The van der Waals surface area contributed by atoms with Gasteiger partial charge in [-0.05, 0) is 38.4 Å². The van der Waals surface area contributed by atoms with Crippen molar-refractivity contribution >= 4 is 11.6 Å². The molecule has 0 spiro atoms. The Hall–Kier alpha value is -2.01. The van der Waals surface area contributed by atoms with E-state index in [1.165, 1.54) is 0 Å². The highest BCUT2D eigenvalue weighted by atomic mass is 15.1. The van der Waals surface area contributed by atoms with E-state index >= 15 is 0 Å². The molecule has 20 heavy (non-hydrogen) atoms. The topological polar surface area (TPSA) is 62.7 Å². The largest absolute Gasteiger partial charge is 0.325 e. The van der Waals surface area contributed by atoms with Crippen LogP contribution < -0.4 is 10.6 Å². The molecule has 0 saturated carbocycles. The SMILES string of the molecule is Cc1nc(Nc2ncccc2C)cc(C2CCNC2)n1. The maximum Gasteiger partial charge on any atom is 0.135 e. The second kappa shape index (κ2) is 5.54. The zero-order valence-corrected chi connectivity index (χ0v) is 11.8. The molecular formula is C15H19N5. The minimum atomic E-state index is 0.488. The first kappa shape index (κ1) is 13.0. The van der Waals surface area contributed by atoms with E-state index in [2.05, 4.69) is 25.6 Å². The zero-order valence-electron chi connectivity index (χ0n) is 11.8. The van der Waals surface area contributed by atoms with E-state index in [-0.39, 0.29) is 0 Å². The summed E-state index contributed by atoms with van der Waals surface area (Å²) in [5, 5.41) is 6.67. The maximum atomic E-state index is 4.57. The third-order valence-electron chi connectivity index (χ3n) is 3.59. The first-order valence-electron chi connectivity index (χ1n) is 6.97. The van der Waals surface area contributed by atoms with Crippen molar-refractivity contribution < 1.29 is 0 Å². The number of hydrogen-bond donors (Lipinski definition) is 2. The second-order valence-corrected chi connectivity index (χ2v) is 5.21. The minimum Gasteiger partial charge on any atom is -0.325 e. The van der Waals surface area contributed by atoms with Crippen LogP contribution in [0.1, 0.15) is 29.4 Å². The van der Waals surface area contributed by atoms with Gasteiger partial charge in [0.05, 0.1) is 5.69 Å². The highest BCUT2D eigenvalue weighted by molar-refractivity contribution is 5.55. The smallest absolute Gasteiger partial charge is 0.135 e. The Morgan fingerprint density at radius 3 is 2.95 bits per heavy atom. The third-order valence-corrected chi connectivity index (χ3v) is 3.59. The summed E-state index contributed by atoms with van der Waals surface area (Å²) >= 11 is 0. The van der Waals surface area contributed by atoms with Crippen LogP contribution >= 0.6 is 0 Å². The van der Waals surface area contributed by atoms with E-state index in [0.29, 0.717) is 5.92 Å². The summed E-state index contributed by atoms with van der Waals surface area (Å²) < 4.78 is 0. The van der Waals surface area contributed by atoms with Gasteiger partial charge in [-0.15, -0.1) is 0 Å². The number of aromatic nitrogens is 3. The fraction of sp³-hybridized carbons (Fsp3) is 0.400. The molecule has 0 bridgehead atoms. The van der Waals surface area contributed by atoms with Crippen LogP contribution in [0.4, 0.5) is 11.6 Å². The predicted octanol–water partition coefficient (Wildman–Crippen LogP) is 2.31. The molecule has 0 aromatic carbocycles. The third kappa shape index (κ3) is 2.77. The molecule has 1 saturated heterocycles. The molecule has 3 rings (SSSR count). The Morgan fingerprint density at radius 1 is 1.30 bits per heavy atom. The highest BCUT2D eigenvalue weighted by Gasteiger charge is 2.19.